The van der Waals surface area contributed by atoms with Crippen molar-refractivity contribution in [3.05, 3.63) is 23.0 Å². The maximum atomic E-state index is 12.3. The van der Waals surface area contributed by atoms with Gasteiger partial charge in [0.05, 0.1) is 5.56 Å². The molecule has 2 bridgehead atoms. The minimum absolute atomic E-state index is 0.159. The van der Waals surface area contributed by atoms with Crippen LogP contribution in [0, 0.1) is 31.6 Å². The van der Waals surface area contributed by atoms with Crippen molar-refractivity contribution in [3.8, 4) is 0 Å². The van der Waals surface area contributed by atoms with E-state index in [4.69, 9.17) is 4.74 Å². The van der Waals surface area contributed by atoms with Gasteiger partial charge in [-0.05, 0) is 70.8 Å². The molecule has 1 N–H and O–H groups in total. The molecule has 4 atom stereocenters. The number of nitrogens with one attached hydrogen (secondary N) is 1. The van der Waals surface area contributed by atoms with Gasteiger partial charge in [-0.15, -0.1) is 0 Å². The number of carbonyl (C=O) groups is 2. The van der Waals surface area contributed by atoms with Crippen molar-refractivity contribution in [1.29, 1.82) is 0 Å². The Morgan fingerprint density at radius 1 is 1.32 bits per heavy atom. The molecule has 1 amide bonds. The summed E-state index contributed by atoms with van der Waals surface area (Å²) in [5, 5.41) is 3.03. The summed E-state index contributed by atoms with van der Waals surface area (Å²) in [4.78, 5) is 24.5. The minimum Gasteiger partial charge on any atom is -0.452 e. The predicted molar refractivity (Wildman–Crippen MR) is 96.4 cm³/mol. The van der Waals surface area contributed by atoms with Crippen LogP contribution < -0.4 is 5.32 Å². The third kappa shape index (κ3) is 3.60. The van der Waals surface area contributed by atoms with Gasteiger partial charge in [0, 0.05) is 24.0 Å². The van der Waals surface area contributed by atoms with Crippen LogP contribution in [0.5, 0.6) is 0 Å². The Morgan fingerprint density at radius 3 is 2.64 bits per heavy atom. The summed E-state index contributed by atoms with van der Waals surface area (Å²) in [7, 11) is 0. The van der Waals surface area contributed by atoms with Crippen molar-refractivity contribution in [2.75, 3.05) is 6.61 Å². The molecule has 0 aliphatic heterocycles. The van der Waals surface area contributed by atoms with Gasteiger partial charge < -0.3 is 14.6 Å². The molecular weight excluding hydrogens is 316 g/mol. The average molecular weight is 346 g/mol. The summed E-state index contributed by atoms with van der Waals surface area (Å²) >= 11 is 0. The molecule has 1 aromatic heterocycles. The van der Waals surface area contributed by atoms with Gasteiger partial charge in [-0.2, -0.15) is 0 Å². The number of carbonyl (C=O) groups excluding carboxylic acids is 2. The maximum Gasteiger partial charge on any atom is 0.340 e. The molecule has 0 spiro atoms. The lowest BCUT2D eigenvalue weighted by molar-refractivity contribution is -0.125. The van der Waals surface area contributed by atoms with Crippen LogP contribution >= 0.6 is 0 Å². The van der Waals surface area contributed by atoms with Crippen LogP contribution in [0.3, 0.4) is 0 Å². The molecule has 1 heterocycles. The Labute approximate surface area is 150 Å². The molecule has 3 rings (SSSR count). The molecule has 0 saturated heterocycles. The van der Waals surface area contributed by atoms with Gasteiger partial charge in [-0.3, -0.25) is 4.79 Å². The van der Waals surface area contributed by atoms with Gasteiger partial charge >= 0.3 is 5.97 Å². The quantitative estimate of drug-likeness (QED) is 0.805. The second-order valence-corrected chi connectivity index (χ2v) is 7.80. The number of amides is 1. The number of aryl methyl sites for hydroxylation is 1. The van der Waals surface area contributed by atoms with Gasteiger partial charge in [0.15, 0.2) is 6.61 Å². The molecule has 2 aliphatic rings. The van der Waals surface area contributed by atoms with Crippen LogP contribution in [0.1, 0.15) is 61.3 Å². The number of nitrogens with zero attached hydrogens (tertiary/aromatic N) is 1. The lowest BCUT2D eigenvalue weighted by Crippen LogP contribution is -2.42. The summed E-state index contributed by atoms with van der Waals surface area (Å²) in [6.45, 7) is 8.60. The number of hydrogen-bond donors (Lipinski definition) is 1. The zero-order valence-corrected chi connectivity index (χ0v) is 15.8. The second-order valence-electron chi connectivity index (χ2n) is 7.80. The maximum absolute atomic E-state index is 12.3. The monoisotopic (exact) mass is 346 g/mol. The van der Waals surface area contributed by atoms with Gasteiger partial charge in [0.1, 0.15) is 0 Å². The number of ether oxygens (including phenoxy) is 1. The molecule has 138 valence electrons. The Hall–Kier alpha value is -1.78. The molecule has 5 nitrogen and oxygen atoms in total. The molecule has 0 unspecified atom stereocenters. The zero-order chi connectivity index (χ0) is 18.1. The summed E-state index contributed by atoms with van der Waals surface area (Å²) in [5.41, 5.74) is 2.47. The van der Waals surface area contributed by atoms with Crippen molar-refractivity contribution >= 4 is 11.9 Å². The van der Waals surface area contributed by atoms with Crippen molar-refractivity contribution in [1.82, 2.24) is 9.88 Å². The third-order valence-corrected chi connectivity index (χ3v) is 6.27. The highest BCUT2D eigenvalue weighted by molar-refractivity contribution is 5.92. The van der Waals surface area contributed by atoms with Crippen LogP contribution in [0.15, 0.2) is 6.07 Å². The number of hydrogen-bond acceptors (Lipinski definition) is 3. The number of rotatable bonds is 6. The van der Waals surface area contributed by atoms with E-state index in [0.29, 0.717) is 11.5 Å². The smallest absolute Gasteiger partial charge is 0.340 e. The molecular formula is C20H30N2O3. The van der Waals surface area contributed by atoms with E-state index in [2.05, 4.69) is 16.8 Å². The Kier molecular flexibility index (Phi) is 5.21. The van der Waals surface area contributed by atoms with Crippen LogP contribution in [-0.2, 0) is 16.1 Å². The van der Waals surface area contributed by atoms with E-state index < -0.39 is 5.97 Å². The van der Waals surface area contributed by atoms with Gasteiger partial charge in [0.25, 0.3) is 5.91 Å². The number of fused-ring (bicyclic) bond motifs is 2. The lowest BCUT2D eigenvalue weighted by atomic mass is 9.84. The van der Waals surface area contributed by atoms with Gasteiger partial charge in [-0.1, -0.05) is 6.42 Å². The standard InChI is InChI=1S/C20H30N2O3/c1-5-22-12(2)8-18(14(22)4)20(24)25-11-19(23)21-13(3)17-10-15-6-7-16(17)9-15/h8,13,15-17H,5-7,9-11H2,1-4H3,(H,21,23)/t13-,15+,16+,17-/m1/s1. The van der Waals surface area contributed by atoms with E-state index in [1.807, 2.05) is 26.8 Å². The van der Waals surface area contributed by atoms with E-state index >= 15 is 0 Å². The highest BCUT2D eigenvalue weighted by Gasteiger charge is 2.42. The summed E-state index contributed by atoms with van der Waals surface area (Å²) in [6, 6.07) is 1.99. The Bertz CT molecular complexity index is 664. The summed E-state index contributed by atoms with van der Waals surface area (Å²) in [6.07, 6.45) is 5.22. The van der Waals surface area contributed by atoms with Crippen molar-refractivity contribution < 1.29 is 14.3 Å². The van der Waals surface area contributed by atoms with Crippen molar-refractivity contribution in [3.63, 3.8) is 0 Å². The SMILES string of the molecule is CCn1c(C)cc(C(=O)OCC(=O)N[C@H](C)[C@H]2C[C@H]3CC[C@H]2C3)c1C. The third-order valence-electron chi connectivity index (χ3n) is 6.27. The molecule has 0 aromatic carbocycles. The first kappa shape index (κ1) is 18.0. The molecule has 5 heteroatoms. The second kappa shape index (κ2) is 7.22. The summed E-state index contributed by atoms with van der Waals surface area (Å²) < 4.78 is 7.31. The topological polar surface area (TPSA) is 60.3 Å². The van der Waals surface area contributed by atoms with E-state index in [1.54, 1.807) is 0 Å². The highest BCUT2D eigenvalue weighted by atomic mass is 16.5. The average Bonchev–Trinajstić information content (AvgIpc) is 3.27. The van der Waals surface area contributed by atoms with E-state index in [0.717, 1.165) is 29.8 Å². The van der Waals surface area contributed by atoms with Crippen LogP contribution in [0.2, 0.25) is 0 Å². The van der Waals surface area contributed by atoms with E-state index in [-0.39, 0.29) is 18.6 Å². The van der Waals surface area contributed by atoms with Crippen LogP contribution in [0.4, 0.5) is 0 Å². The largest absolute Gasteiger partial charge is 0.452 e. The Balaban J connectivity index is 1.49. The van der Waals surface area contributed by atoms with E-state index in [1.165, 1.54) is 25.7 Å². The first-order valence-electron chi connectivity index (χ1n) is 9.53. The summed E-state index contributed by atoms with van der Waals surface area (Å²) in [5.74, 6) is 1.59. The first-order chi connectivity index (χ1) is 11.9. The van der Waals surface area contributed by atoms with Gasteiger partial charge in [0.2, 0.25) is 0 Å². The molecule has 2 saturated carbocycles. The molecule has 2 aliphatic carbocycles. The van der Waals surface area contributed by atoms with Crippen LogP contribution in [-0.4, -0.2) is 29.1 Å². The fourth-order valence-corrected chi connectivity index (χ4v) is 5.01. The molecule has 2 fully saturated rings. The predicted octanol–water partition coefficient (Wildman–Crippen LogP) is 3.22. The van der Waals surface area contributed by atoms with E-state index in [9.17, 15) is 9.59 Å². The lowest BCUT2D eigenvalue weighted by Gasteiger charge is -2.28. The normalized spacial score (nSPS) is 25.8. The number of esters is 1. The number of aromatic nitrogens is 1. The highest BCUT2D eigenvalue weighted by Crippen LogP contribution is 2.49. The fourth-order valence-electron chi connectivity index (χ4n) is 5.01. The van der Waals surface area contributed by atoms with Crippen molar-refractivity contribution in [2.24, 2.45) is 17.8 Å². The fraction of sp³-hybridized carbons (Fsp3) is 0.700. The molecule has 0 radical (unpaired) electrons. The minimum atomic E-state index is -0.421. The Morgan fingerprint density at radius 2 is 2.08 bits per heavy atom. The molecule has 1 aromatic rings. The van der Waals surface area contributed by atoms with Crippen molar-refractivity contribution in [2.45, 2.75) is 66.0 Å². The molecule has 25 heavy (non-hydrogen) atoms. The first-order valence-corrected chi connectivity index (χ1v) is 9.53. The zero-order valence-electron chi connectivity index (χ0n) is 15.8. The van der Waals surface area contributed by atoms with Gasteiger partial charge in [-0.25, -0.2) is 4.79 Å². The van der Waals surface area contributed by atoms with Crippen LogP contribution in [0.25, 0.3) is 0 Å².